The number of anilines is 2. The normalized spacial score (nSPS) is 16.8. The molecule has 0 aromatic heterocycles. The van der Waals surface area contributed by atoms with Gasteiger partial charge in [-0.05, 0) is 61.9 Å². The molecular weight excluding hydrogens is 410 g/mol. The van der Waals surface area contributed by atoms with Gasteiger partial charge in [0, 0.05) is 24.8 Å². The molecule has 2 atom stereocenters. The third-order valence-electron chi connectivity index (χ3n) is 5.69. The number of carbonyl (C=O) groups excluding carboxylic acids is 2. The van der Waals surface area contributed by atoms with Gasteiger partial charge >= 0.3 is 5.97 Å². The Kier molecular flexibility index (Phi) is 7.45. The van der Waals surface area contributed by atoms with E-state index in [1.807, 2.05) is 24.0 Å². The van der Waals surface area contributed by atoms with Gasteiger partial charge in [-0.15, -0.1) is 0 Å². The third-order valence-corrected chi connectivity index (χ3v) is 5.69. The van der Waals surface area contributed by atoms with Gasteiger partial charge in [0.15, 0.2) is 6.10 Å². The predicted octanol–water partition coefficient (Wildman–Crippen LogP) is 4.58. The molecule has 1 amide bonds. The highest BCUT2D eigenvalue weighted by atomic mass is 16.6. The van der Waals surface area contributed by atoms with E-state index < -0.39 is 22.9 Å². The second-order valence-electron chi connectivity index (χ2n) is 8.24. The summed E-state index contributed by atoms with van der Waals surface area (Å²) in [6.07, 6.45) is 1.90. The molecule has 8 heteroatoms. The largest absolute Gasteiger partial charge is 0.449 e. The van der Waals surface area contributed by atoms with Crippen LogP contribution in [0.5, 0.6) is 0 Å². The molecule has 3 rings (SSSR count). The topological polar surface area (TPSA) is 102 Å². The summed E-state index contributed by atoms with van der Waals surface area (Å²) in [6, 6.07) is 11.7. The summed E-state index contributed by atoms with van der Waals surface area (Å²) in [5.74, 6) is -0.808. The lowest BCUT2D eigenvalue weighted by Crippen LogP contribution is -2.34. The molecule has 2 aromatic carbocycles. The standard InChI is InChI=1S/C24H29N3O5/c1-4-18-7-10-20(11-8-18)25-23(28)17(3)32-24(29)19-9-12-21(22(14-19)27(30)31)26-13-5-6-16(2)15-26/h7-12,14,16-17H,4-6,13,15H2,1-3H3,(H,25,28). The van der Waals surface area contributed by atoms with Crippen molar-refractivity contribution in [2.24, 2.45) is 5.92 Å². The lowest BCUT2D eigenvalue weighted by atomic mass is 9.99. The number of benzene rings is 2. The highest BCUT2D eigenvalue weighted by Crippen LogP contribution is 2.32. The molecule has 1 fully saturated rings. The van der Waals surface area contributed by atoms with Crippen LogP contribution in [-0.2, 0) is 16.0 Å². The number of hydrogen-bond acceptors (Lipinski definition) is 6. The number of ether oxygens (including phenoxy) is 1. The molecule has 0 aliphatic carbocycles. The van der Waals surface area contributed by atoms with E-state index in [1.165, 1.54) is 19.1 Å². The number of piperidine rings is 1. The fraction of sp³-hybridized carbons (Fsp3) is 0.417. The van der Waals surface area contributed by atoms with Gasteiger partial charge in [0.2, 0.25) is 0 Å². The summed E-state index contributed by atoms with van der Waals surface area (Å²) in [6.45, 7) is 7.10. The Morgan fingerprint density at radius 2 is 1.97 bits per heavy atom. The van der Waals surface area contributed by atoms with Crippen molar-refractivity contribution in [3.63, 3.8) is 0 Å². The van der Waals surface area contributed by atoms with Gasteiger partial charge in [-0.2, -0.15) is 0 Å². The molecule has 1 aliphatic rings. The molecule has 1 aliphatic heterocycles. The van der Waals surface area contributed by atoms with Crippen molar-refractivity contribution in [1.82, 2.24) is 0 Å². The number of rotatable bonds is 7. The van der Waals surface area contributed by atoms with E-state index in [1.54, 1.807) is 18.2 Å². The van der Waals surface area contributed by atoms with Crippen LogP contribution >= 0.6 is 0 Å². The quantitative estimate of drug-likeness (QED) is 0.385. The second kappa shape index (κ2) is 10.3. The maximum atomic E-state index is 12.6. The molecule has 8 nitrogen and oxygen atoms in total. The number of nitrogens with one attached hydrogen (secondary N) is 1. The van der Waals surface area contributed by atoms with Crippen LogP contribution in [-0.4, -0.2) is 36.0 Å². The SMILES string of the molecule is CCc1ccc(NC(=O)C(C)OC(=O)c2ccc(N3CCCC(C)C3)c([N+](=O)[O-])c2)cc1. The summed E-state index contributed by atoms with van der Waals surface area (Å²) in [5.41, 5.74) is 2.15. The number of esters is 1. The van der Waals surface area contributed by atoms with Crippen LogP contribution in [0, 0.1) is 16.0 Å². The molecule has 0 saturated carbocycles. The van der Waals surface area contributed by atoms with Crippen LogP contribution in [0.3, 0.4) is 0 Å². The molecule has 2 unspecified atom stereocenters. The Balaban J connectivity index is 1.68. The molecule has 170 valence electrons. The van der Waals surface area contributed by atoms with Crippen molar-refractivity contribution in [1.29, 1.82) is 0 Å². The minimum atomic E-state index is -1.06. The zero-order chi connectivity index (χ0) is 23.3. The van der Waals surface area contributed by atoms with E-state index in [-0.39, 0.29) is 11.3 Å². The van der Waals surface area contributed by atoms with Crippen LogP contribution in [0.4, 0.5) is 17.1 Å². The maximum Gasteiger partial charge on any atom is 0.339 e. The van der Waals surface area contributed by atoms with E-state index in [0.717, 1.165) is 37.9 Å². The fourth-order valence-corrected chi connectivity index (χ4v) is 3.82. The van der Waals surface area contributed by atoms with Crippen molar-refractivity contribution in [2.45, 2.75) is 46.1 Å². The van der Waals surface area contributed by atoms with Crippen LogP contribution in [0.1, 0.15) is 49.5 Å². The van der Waals surface area contributed by atoms with Gasteiger partial charge in [0.1, 0.15) is 5.69 Å². The van der Waals surface area contributed by atoms with Gasteiger partial charge < -0.3 is 15.0 Å². The van der Waals surface area contributed by atoms with Gasteiger partial charge in [-0.3, -0.25) is 14.9 Å². The fourth-order valence-electron chi connectivity index (χ4n) is 3.82. The summed E-state index contributed by atoms with van der Waals surface area (Å²) in [4.78, 5) is 38.1. The molecule has 0 spiro atoms. The molecule has 0 radical (unpaired) electrons. The highest BCUT2D eigenvalue weighted by Gasteiger charge is 2.26. The average Bonchev–Trinajstić information content (AvgIpc) is 2.79. The average molecular weight is 440 g/mol. The number of amides is 1. The van der Waals surface area contributed by atoms with E-state index in [4.69, 9.17) is 4.74 Å². The number of aryl methyl sites for hydroxylation is 1. The smallest absolute Gasteiger partial charge is 0.339 e. The van der Waals surface area contributed by atoms with E-state index in [9.17, 15) is 19.7 Å². The lowest BCUT2D eigenvalue weighted by molar-refractivity contribution is -0.384. The van der Waals surface area contributed by atoms with Crippen LogP contribution in [0.2, 0.25) is 0 Å². The zero-order valence-electron chi connectivity index (χ0n) is 18.7. The first kappa shape index (κ1) is 23.2. The van der Waals surface area contributed by atoms with Gasteiger partial charge in [0.25, 0.3) is 11.6 Å². The van der Waals surface area contributed by atoms with Crippen molar-refractivity contribution in [3.05, 3.63) is 63.7 Å². The van der Waals surface area contributed by atoms with Crippen LogP contribution in [0.15, 0.2) is 42.5 Å². The Morgan fingerprint density at radius 3 is 2.59 bits per heavy atom. The van der Waals surface area contributed by atoms with Crippen molar-refractivity contribution in [3.8, 4) is 0 Å². The molecular formula is C24H29N3O5. The molecule has 1 saturated heterocycles. The first-order chi connectivity index (χ1) is 15.3. The number of carbonyl (C=O) groups is 2. The molecule has 1 N–H and O–H groups in total. The zero-order valence-corrected chi connectivity index (χ0v) is 18.7. The highest BCUT2D eigenvalue weighted by molar-refractivity contribution is 5.97. The third kappa shape index (κ3) is 5.63. The van der Waals surface area contributed by atoms with Crippen molar-refractivity contribution < 1.29 is 19.2 Å². The number of hydrogen-bond donors (Lipinski definition) is 1. The van der Waals surface area contributed by atoms with E-state index in [0.29, 0.717) is 17.3 Å². The summed E-state index contributed by atoms with van der Waals surface area (Å²) < 4.78 is 5.27. The van der Waals surface area contributed by atoms with Crippen molar-refractivity contribution >= 4 is 28.9 Å². The minimum Gasteiger partial charge on any atom is -0.449 e. The minimum absolute atomic E-state index is 0.0393. The molecule has 2 aromatic rings. The molecule has 1 heterocycles. The van der Waals surface area contributed by atoms with Gasteiger partial charge in [0.05, 0.1) is 10.5 Å². The van der Waals surface area contributed by atoms with Crippen LogP contribution in [0.25, 0.3) is 0 Å². The van der Waals surface area contributed by atoms with Gasteiger partial charge in [-0.25, -0.2) is 4.79 Å². The Bertz CT molecular complexity index is 990. The summed E-state index contributed by atoms with van der Waals surface area (Å²) in [5, 5.41) is 14.4. The summed E-state index contributed by atoms with van der Waals surface area (Å²) >= 11 is 0. The number of nitro benzene ring substituents is 1. The second-order valence-corrected chi connectivity index (χ2v) is 8.24. The Hall–Kier alpha value is -3.42. The maximum absolute atomic E-state index is 12.6. The van der Waals surface area contributed by atoms with E-state index in [2.05, 4.69) is 12.2 Å². The number of nitrogens with zero attached hydrogens (tertiary/aromatic N) is 2. The van der Waals surface area contributed by atoms with Crippen LogP contribution < -0.4 is 10.2 Å². The first-order valence-corrected chi connectivity index (χ1v) is 10.9. The van der Waals surface area contributed by atoms with E-state index >= 15 is 0 Å². The monoisotopic (exact) mass is 439 g/mol. The van der Waals surface area contributed by atoms with Gasteiger partial charge in [-0.1, -0.05) is 26.0 Å². The number of nitro groups is 1. The Labute approximate surface area is 187 Å². The predicted molar refractivity (Wildman–Crippen MR) is 123 cm³/mol. The lowest BCUT2D eigenvalue weighted by Gasteiger charge is -2.32. The molecule has 32 heavy (non-hydrogen) atoms. The Morgan fingerprint density at radius 1 is 1.25 bits per heavy atom. The van der Waals surface area contributed by atoms with Crippen molar-refractivity contribution in [2.75, 3.05) is 23.3 Å². The summed E-state index contributed by atoms with van der Waals surface area (Å²) in [7, 11) is 0. The molecule has 0 bridgehead atoms. The first-order valence-electron chi connectivity index (χ1n) is 10.9.